The highest BCUT2D eigenvalue weighted by atomic mass is 32.1. The third kappa shape index (κ3) is 3.79. The molecule has 7 heteroatoms. The summed E-state index contributed by atoms with van der Waals surface area (Å²) in [4.78, 5) is 24.5. The molecule has 0 saturated carbocycles. The zero-order valence-corrected chi connectivity index (χ0v) is 9.08. The van der Waals surface area contributed by atoms with Crippen LogP contribution in [-0.4, -0.2) is 28.0 Å². The van der Waals surface area contributed by atoms with Crippen LogP contribution < -0.4 is 11.1 Å². The number of hydrogen-bond donors (Lipinski definition) is 4. The van der Waals surface area contributed by atoms with E-state index in [0.717, 1.165) is 0 Å². The van der Waals surface area contributed by atoms with Crippen LogP contribution in [0.25, 0.3) is 0 Å². The molecule has 16 heavy (non-hydrogen) atoms. The van der Waals surface area contributed by atoms with Gasteiger partial charge in [0.15, 0.2) is 0 Å². The lowest BCUT2D eigenvalue weighted by atomic mass is 10.2. The maximum atomic E-state index is 11.3. The van der Waals surface area contributed by atoms with Crippen molar-refractivity contribution < 1.29 is 14.7 Å². The van der Waals surface area contributed by atoms with Crippen molar-refractivity contribution in [1.82, 2.24) is 4.98 Å². The monoisotopic (exact) mass is 241 g/mol. The minimum Gasteiger partial charge on any atom is -0.480 e. The molecule has 0 bridgehead atoms. The van der Waals surface area contributed by atoms with E-state index in [9.17, 15) is 9.59 Å². The topological polar surface area (TPSA) is 108 Å². The van der Waals surface area contributed by atoms with E-state index in [0.29, 0.717) is 10.3 Å². The number of carboxylic acids is 1. The van der Waals surface area contributed by atoms with E-state index < -0.39 is 17.9 Å². The number of rotatable bonds is 4. The van der Waals surface area contributed by atoms with Crippen molar-refractivity contribution in [3.05, 3.63) is 22.8 Å². The third-order valence-corrected chi connectivity index (χ3v) is 2.02. The molecular formula is C9H11N3O3S. The van der Waals surface area contributed by atoms with Gasteiger partial charge in [0, 0.05) is 10.7 Å². The maximum Gasteiger partial charge on any atom is 0.321 e. The number of nitrogens with two attached hydrogens (primary N) is 1. The first kappa shape index (κ1) is 12.3. The molecule has 0 aliphatic carbocycles. The smallest absolute Gasteiger partial charge is 0.321 e. The first-order valence-corrected chi connectivity index (χ1v) is 4.87. The van der Waals surface area contributed by atoms with E-state index in [2.05, 4.69) is 10.3 Å². The number of anilines is 1. The van der Waals surface area contributed by atoms with Crippen LogP contribution in [0.1, 0.15) is 6.42 Å². The van der Waals surface area contributed by atoms with Crippen LogP contribution in [0.4, 0.5) is 5.82 Å². The summed E-state index contributed by atoms with van der Waals surface area (Å²) < 4.78 is 0.566. The fraction of sp³-hybridized carbons (Fsp3) is 0.222. The van der Waals surface area contributed by atoms with Crippen LogP contribution in [0, 0.1) is 4.51 Å². The summed E-state index contributed by atoms with van der Waals surface area (Å²) in [5.74, 6) is -1.28. The highest BCUT2D eigenvalue weighted by molar-refractivity contribution is 7.71. The minimum absolute atomic E-state index is 0.287. The van der Waals surface area contributed by atoms with Crippen LogP contribution in [0.5, 0.6) is 0 Å². The molecule has 1 aromatic heterocycles. The number of aliphatic carboxylic acids is 1. The molecule has 0 aliphatic rings. The van der Waals surface area contributed by atoms with Crippen LogP contribution in [0.15, 0.2) is 18.3 Å². The Bertz CT molecular complexity index is 457. The van der Waals surface area contributed by atoms with Gasteiger partial charge < -0.3 is 21.1 Å². The molecule has 1 heterocycles. The summed E-state index contributed by atoms with van der Waals surface area (Å²) in [7, 11) is 0. The Morgan fingerprint density at radius 3 is 2.88 bits per heavy atom. The molecule has 86 valence electrons. The largest absolute Gasteiger partial charge is 0.480 e. The number of carbonyl (C=O) groups is 2. The van der Waals surface area contributed by atoms with E-state index in [4.69, 9.17) is 23.1 Å². The summed E-state index contributed by atoms with van der Waals surface area (Å²) in [5, 5.41) is 11.0. The highest BCUT2D eigenvalue weighted by Gasteiger charge is 2.16. The van der Waals surface area contributed by atoms with Crippen molar-refractivity contribution in [1.29, 1.82) is 0 Å². The molecule has 1 aromatic rings. The second-order valence-electron chi connectivity index (χ2n) is 3.14. The number of hydrogen-bond acceptors (Lipinski definition) is 4. The van der Waals surface area contributed by atoms with Crippen molar-refractivity contribution in [2.45, 2.75) is 12.5 Å². The summed E-state index contributed by atoms with van der Waals surface area (Å²) in [5.41, 5.74) is 5.21. The minimum atomic E-state index is -1.21. The van der Waals surface area contributed by atoms with Gasteiger partial charge in [-0.2, -0.15) is 0 Å². The fourth-order valence-electron chi connectivity index (χ4n) is 1.01. The Labute approximate surface area is 96.5 Å². The van der Waals surface area contributed by atoms with E-state index in [1.54, 1.807) is 18.3 Å². The van der Waals surface area contributed by atoms with Gasteiger partial charge in [0.05, 0.1) is 6.42 Å². The molecule has 0 fully saturated rings. The predicted octanol–water partition coefficient (Wildman–Crippen LogP) is 0.485. The molecule has 0 unspecified atom stereocenters. The second-order valence-corrected chi connectivity index (χ2v) is 3.61. The molecule has 6 nitrogen and oxygen atoms in total. The Morgan fingerprint density at radius 2 is 2.31 bits per heavy atom. The average Bonchev–Trinajstić information content (AvgIpc) is 2.16. The number of aromatic nitrogens is 1. The molecule has 0 spiro atoms. The molecular weight excluding hydrogens is 230 g/mol. The zero-order valence-electron chi connectivity index (χ0n) is 8.27. The lowest BCUT2D eigenvalue weighted by Crippen LogP contribution is -2.34. The number of aromatic amines is 1. The van der Waals surface area contributed by atoms with Crippen molar-refractivity contribution in [3.63, 3.8) is 0 Å². The van der Waals surface area contributed by atoms with E-state index in [1.807, 2.05) is 0 Å². The number of carboxylic acid groups (broad SMARTS) is 1. The summed E-state index contributed by atoms with van der Waals surface area (Å²) in [6, 6.07) is 2.01. The van der Waals surface area contributed by atoms with Gasteiger partial charge in [-0.3, -0.25) is 9.59 Å². The van der Waals surface area contributed by atoms with Crippen LogP contribution in [0.2, 0.25) is 0 Å². The standard InChI is InChI=1S/C9H11N3O3S/c10-6(9(14)15)4-8(13)12-7-3-5(16)1-2-11-7/h1-3,6H,4,10H2,(H,14,15)(H2,11,12,13,16)/t6-/m0/s1. The van der Waals surface area contributed by atoms with Crippen molar-refractivity contribution in [2.24, 2.45) is 5.73 Å². The number of carbonyl (C=O) groups excluding carboxylic acids is 1. The average molecular weight is 241 g/mol. The van der Waals surface area contributed by atoms with Gasteiger partial charge in [-0.1, -0.05) is 12.2 Å². The number of H-pyrrole nitrogens is 1. The van der Waals surface area contributed by atoms with E-state index in [1.165, 1.54) is 0 Å². The van der Waals surface area contributed by atoms with Crippen LogP contribution in [0.3, 0.4) is 0 Å². The van der Waals surface area contributed by atoms with Gasteiger partial charge in [0.2, 0.25) is 5.91 Å². The van der Waals surface area contributed by atoms with Crippen LogP contribution >= 0.6 is 12.2 Å². The van der Waals surface area contributed by atoms with Gasteiger partial charge in [-0.05, 0) is 12.1 Å². The molecule has 1 amide bonds. The third-order valence-electron chi connectivity index (χ3n) is 1.77. The fourth-order valence-corrected chi connectivity index (χ4v) is 1.19. The Balaban J connectivity index is 2.58. The molecule has 0 aliphatic heterocycles. The molecule has 1 atom stereocenters. The number of amides is 1. The van der Waals surface area contributed by atoms with Gasteiger partial charge in [0.25, 0.3) is 0 Å². The van der Waals surface area contributed by atoms with E-state index >= 15 is 0 Å². The van der Waals surface area contributed by atoms with Crippen molar-refractivity contribution >= 4 is 29.9 Å². The number of nitrogens with one attached hydrogen (secondary N) is 2. The zero-order chi connectivity index (χ0) is 12.1. The summed E-state index contributed by atoms with van der Waals surface area (Å²) in [6.45, 7) is 0. The quantitative estimate of drug-likeness (QED) is 0.573. The second kappa shape index (κ2) is 5.38. The highest BCUT2D eigenvalue weighted by Crippen LogP contribution is 2.03. The Hall–Kier alpha value is -1.73. The summed E-state index contributed by atoms with van der Waals surface area (Å²) in [6.07, 6.45) is 1.29. The lowest BCUT2D eigenvalue weighted by molar-refractivity contribution is -0.140. The van der Waals surface area contributed by atoms with Crippen molar-refractivity contribution in [3.8, 4) is 0 Å². The SMILES string of the molecule is N[C@@H](CC(=O)Nc1cc(=S)cc[nH]1)C(=O)O. The molecule has 1 rings (SSSR count). The summed E-state index contributed by atoms with van der Waals surface area (Å²) >= 11 is 4.89. The molecule has 0 saturated heterocycles. The van der Waals surface area contributed by atoms with Crippen LogP contribution in [-0.2, 0) is 9.59 Å². The Kier molecular flexibility index (Phi) is 4.15. The molecule has 5 N–H and O–H groups in total. The van der Waals surface area contributed by atoms with Gasteiger partial charge >= 0.3 is 5.97 Å². The lowest BCUT2D eigenvalue weighted by Gasteiger charge is -2.07. The Morgan fingerprint density at radius 1 is 1.62 bits per heavy atom. The van der Waals surface area contributed by atoms with Gasteiger partial charge in [-0.25, -0.2) is 0 Å². The first-order valence-electron chi connectivity index (χ1n) is 4.46. The normalized spacial score (nSPS) is 11.8. The number of pyridine rings is 1. The van der Waals surface area contributed by atoms with Gasteiger partial charge in [-0.15, -0.1) is 0 Å². The molecule has 0 radical (unpaired) electrons. The first-order chi connectivity index (χ1) is 7.49. The van der Waals surface area contributed by atoms with Gasteiger partial charge in [0.1, 0.15) is 11.9 Å². The maximum absolute atomic E-state index is 11.3. The van der Waals surface area contributed by atoms with E-state index in [-0.39, 0.29) is 6.42 Å². The predicted molar refractivity (Wildman–Crippen MR) is 60.5 cm³/mol. The van der Waals surface area contributed by atoms with Crippen molar-refractivity contribution in [2.75, 3.05) is 5.32 Å². The molecule has 0 aromatic carbocycles.